The van der Waals surface area contributed by atoms with E-state index < -0.39 is 0 Å². The van der Waals surface area contributed by atoms with Crippen molar-refractivity contribution in [3.8, 4) is 5.75 Å². The third-order valence-electron chi connectivity index (χ3n) is 3.59. The lowest BCUT2D eigenvalue weighted by atomic mass is 10.2. The molecule has 1 amide bonds. The number of rotatable bonds is 6. The van der Waals surface area contributed by atoms with Crippen LogP contribution < -0.4 is 10.1 Å². The van der Waals surface area contributed by atoms with Gasteiger partial charge in [-0.3, -0.25) is 9.78 Å². The highest BCUT2D eigenvalue weighted by molar-refractivity contribution is 9.10. The number of amides is 1. The topological polar surface area (TPSA) is 51.2 Å². The van der Waals surface area contributed by atoms with E-state index in [1.165, 1.54) is 0 Å². The molecule has 0 spiro atoms. The minimum atomic E-state index is -0.0989. The van der Waals surface area contributed by atoms with Gasteiger partial charge in [-0.15, -0.1) is 0 Å². The normalized spacial score (nSPS) is 10.3. The average Bonchev–Trinajstić information content (AvgIpc) is 2.66. The van der Waals surface area contributed by atoms with Gasteiger partial charge in [0.2, 0.25) is 0 Å². The number of aromatic nitrogens is 1. The maximum atomic E-state index is 12.1. The smallest absolute Gasteiger partial charge is 0.251 e. The third-order valence-corrected chi connectivity index (χ3v) is 4.08. The molecule has 0 unspecified atom stereocenters. The molecule has 25 heavy (non-hydrogen) atoms. The molecule has 5 heteroatoms. The molecule has 0 aliphatic rings. The van der Waals surface area contributed by atoms with Crippen LogP contribution in [0.5, 0.6) is 5.75 Å². The van der Waals surface area contributed by atoms with Crippen molar-refractivity contribution in [2.75, 3.05) is 0 Å². The molecule has 3 rings (SSSR count). The van der Waals surface area contributed by atoms with Crippen LogP contribution in [0.2, 0.25) is 0 Å². The van der Waals surface area contributed by atoms with Crippen LogP contribution >= 0.6 is 15.9 Å². The second kappa shape index (κ2) is 8.44. The fourth-order valence-electron chi connectivity index (χ4n) is 2.27. The number of ether oxygens (including phenoxy) is 1. The highest BCUT2D eigenvalue weighted by Crippen LogP contribution is 2.15. The Kier molecular flexibility index (Phi) is 5.80. The van der Waals surface area contributed by atoms with Crippen LogP contribution in [0.15, 0.2) is 77.5 Å². The van der Waals surface area contributed by atoms with Crippen molar-refractivity contribution in [3.63, 3.8) is 0 Å². The van der Waals surface area contributed by atoms with E-state index in [1.807, 2.05) is 48.5 Å². The highest BCUT2D eigenvalue weighted by Gasteiger charge is 2.05. The second-order valence-corrected chi connectivity index (χ2v) is 6.40. The van der Waals surface area contributed by atoms with E-state index in [4.69, 9.17) is 4.74 Å². The minimum Gasteiger partial charge on any atom is -0.489 e. The summed E-state index contributed by atoms with van der Waals surface area (Å²) in [6, 6.07) is 18.9. The van der Waals surface area contributed by atoms with E-state index in [-0.39, 0.29) is 5.91 Å². The van der Waals surface area contributed by atoms with Crippen LogP contribution in [0.3, 0.4) is 0 Å². The largest absolute Gasteiger partial charge is 0.489 e. The Hall–Kier alpha value is -2.66. The zero-order valence-electron chi connectivity index (χ0n) is 13.5. The Morgan fingerprint density at radius 3 is 2.60 bits per heavy atom. The van der Waals surface area contributed by atoms with Gasteiger partial charge in [0.1, 0.15) is 12.4 Å². The van der Waals surface area contributed by atoms with E-state index in [0.29, 0.717) is 18.7 Å². The predicted molar refractivity (Wildman–Crippen MR) is 100 cm³/mol. The van der Waals surface area contributed by atoms with Gasteiger partial charge in [-0.25, -0.2) is 0 Å². The number of halogens is 1. The molecule has 1 N–H and O–H groups in total. The van der Waals surface area contributed by atoms with Gasteiger partial charge in [-0.05, 0) is 42.0 Å². The van der Waals surface area contributed by atoms with Crippen LogP contribution in [0.25, 0.3) is 0 Å². The summed E-state index contributed by atoms with van der Waals surface area (Å²) in [6.07, 6.45) is 3.52. The summed E-state index contributed by atoms with van der Waals surface area (Å²) in [5.41, 5.74) is 2.66. The van der Waals surface area contributed by atoms with Crippen LogP contribution in [0.4, 0.5) is 0 Å². The Balaban J connectivity index is 1.51. The Bertz CT molecular complexity index is 836. The number of hydrogen-bond donors (Lipinski definition) is 1. The number of hydrogen-bond acceptors (Lipinski definition) is 3. The number of carbonyl (C=O) groups is 1. The average molecular weight is 397 g/mol. The Morgan fingerprint density at radius 1 is 1.04 bits per heavy atom. The minimum absolute atomic E-state index is 0.0989. The van der Waals surface area contributed by atoms with Crippen molar-refractivity contribution < 1.29 is 9.53 Å². The molecular formula is C20H17BrN2O2. The van der Waals surface area contributed by atoms with Crippen molar-refractivity contribution in [2.24, 2.45) is 0 Å². The number of benzene rings is 2. The van der Waals surface area contributed by atoms with E-state index >= 15 is 0 Å². The SMILES string of the molecule is O=C(NCc1ccc(OCc2cccnc2)cc1)c1cccc(Br)c1. The van der Waals surface area contributed by atoms with Gasteiger partial charge in [0.25, 0.3) is 5.91 Å². The Labute approximate surface area is 155 Å². The first-order valence-corrected chi connectivity index (χ1v) is 8.64. The molecule has 0 atom stereocenters. The van der Waals surface area contributed by atoms with Crippen LogP contribution in [-0.4, -0.2) is 10.9 Å². The van der Waals surface area contributed by atoms with E-state index in [9.17, 15) is 4.79 Å². The van der Waals surface area contributed by atoms with Gasteiger partial charge in [0, 0.05) is 34.5 Å². The van der Waals surface area contributed by atoms with Gasteiger partial charge < -0.3 is 10.1 Å². The summed E-state index contributed by atoms with van der Waals surface area (Å²) in [4.78, 5) is 16.2. The second-order valence-electron chi connectivity index (χ2n) is 5.49. The molecule has 2 aromatic carbocycles. The van der Waals surface area contributed by atoms with Crippen molar-refractivity contribution >= 4 is 21.8 Å². The summed E-state index contributed by atoms with van der Waals surface area (Å²) in [5.74, 6) is 0.684. The van der Waals surface area contributed by atoms with Gasteiger partial charge in [0.15, 0.2) is 0 Å². The summed E-state index contributed by atoms with van der Waals surface area (Å²) >= 11 is 3.37. The maximum absolute atomic E-state index is 12.1. The quantitative estimate of drug-likeness (QED) is 0.673. The number of nitrogens with zero attached hydrogens (tertiary/aromatic N) is 1. The predicted octanol–water partition coefficient (Wildman–Crippen LogP) is 4.35. The zero-order chi connectivity index (χ0) is 17.5. The van der Waals surface area contributed by atoms with Gasteiger partial charge in [-0.2, -0.15) is 0 Å². The molecule has 0 aliphatic heterocycles. The van der Waals surface area contributed by atoms with Crippen molar-refractivity contribution in [1.82, 2.24) is 10.3 Å². The maximum Gasteiger partial charge on any atom is 0.251 e. The molecule has 0 fully saturated rings. The number of pyridine rings is 1. The first-order chi connectivity index (χ1) is 12.2. The molecule has 1 aromatic heterocycles. The summed E-state index contributed by atoms with van der Waals surface area (Å²) in [6.45, 7) is 0.945. The van der Waals surface area contributed by atoms with Gasteiger partial charge >= 0.3 is 0 Å². The molecule has 1 heterocycles. The zero-order valence-corrected chi connectivity index (χ0v) is 15.1. The van der Waals surface area contributed by atoms with Crippen molar-refractivity contribution in [2.45, 2.75) is 13.2 Å². The van der Waals surface area contributed by atoms with Crippen LogP contribution in [0, 0.1) is 0 Å². The summed E-state index contributed by atoms with van der Waals surface area (Å²) in [5, 5.41) is 2.91. The lowest BCUT2D eigenvalue weighted by molar-refractivity contribution is 0.0951. The third kappa shape index (κ3) is 5.16. The molecule has 3 aromatic rings. The molecule has 0 aliphatic carbocycles. The van der Waals surface area contributed by atoms with Gasteiger partial charge in [0.05, 0.1) is 0 Å². The summed E-state index contributed by atoms with van der Waals surface area (Å²) < 4.78 is 6.61. The standard InChI is InChI=1S/C20H17BrN2O2/c21-18-5-1-4-17(11-18)20(24)23-13-15-6-8-19(9-7-15)25-14-16-3-2-10-22-12-16/h1-12H,13-14H2,(H,23,24). The van der Waals surface area contributed by atoms with Gasteiger partial charge in [-0.1, -0.05) is 40.2 Å². The number of nitrogens with one attached hydrogen (secondary N) is 1. The number of carbonyl (C=O) groups excluding carboxylic acids is 1. The van der Waals surface area contributed by atoms with E-state index in [0.717, 1.165) is 21.3 Å². The van der Waals surface area contributed by atoms with Crippen LogP contribution in [0.1, 0.15) is 21.5 Å². The fraction of sp³-hybridized carbons (Fsp3) is 0.100. The molecule has 4 nitrogen and oxygen atoms in total. The monoisotopic (exact) mass is 396 g/mol. The fourth-order valence-corrected chi connectivity index (χ4v) is 2.67. The lowest BCUT2D eigenvalue weighted by Gasteiger charge is -2.08. The molecule has 0 saturated heterocycles. The molecular weight excluding hydrogens is 380 g/mol. The Morgan fingerprint density at radius 2 is 1.88 bits per heavy atom. The molecule has 0 radical (unpaired) electrons. The molecule has 0 saturated carbocycles. The highest BCUT2D eigenvalue weighted by atomic mass is 79.9. The van der Waals surface area contributed by atoms with Crippen molar-refractivity contribution in [1.29, 1.82) is 0 Å². The molecule has 126 valence electrons. The first kappa shape index (κ1) is 17.2. The first-order valence-electron chi connectivity index (χ1n) is 7.85. The molecule has 0 bridgehead atoms. The van der Waals surface area contributed by atoms with E-state index in [1.54, 1.807) is 24.5 Å². The van der Waals surface area contributed by atoms with Crippen molar-refractivity contribution in [3.05, 3.63) is 94.2 Å². The van der Waals surface area contributed by atoms with E-state index in [2.05, 4.69) is 26.2 Å². The van der Waals surface area contributed by atoms with Crippen LogP contribution in [-0.2, 0) is 13.2 Å². The lowest BCUT2D eigenvalue weighted by Crippen LogP contribution is -2.22. The summed E-state index contributed by atoms with van der Waals surface area (Å²) in [7, 11) is 0.